The average molecular weight is 380 g/mol. The molecule has 1 N–H and O–H groups in total. The van der Waals surface area contributed by atoms with Crippen LogP contribution in [0.5, 0.6) is 0 Å². The summed E-state index contributed by atoms with van der Waals surface area (Å²) in [5.74, 6) is -0.401. The average Bonchev–Trinajstić information content (AvgIpc) is 2.70. The van der Waals surface area contributed by atoms with Crippen LogP contribution in [0.15, 0.2) is 48.5 Å². The van der Waals surface area contributed by atoms with Crippen molar-refractivity contribution in [2.45, 2.75) is 27.7 Å². The molecule has 148 valence electrons. The Kier molecular flexibility index (Phi) is 5.73. The first-order chi connectivity index (χ1) is 13.3. The first kappa shape index (κ1) is 19.9. The van der Waals surface area contributed by atoms with Gasteiger partial charge in [-0.1, -0.05) is 30.3 Å². The molecule has 1 aliphatic heterocycles. The summed E-state index contributed by atoms with van der Waals surface area (Å²) >= 11 is 0. The summed E-state index contributed by atoms with van der Waals surface area (Å²) < 4.78 is 0. The van der Waals surface area contributed by atoms with E-state index in [-0.39, 0.29) is 11.8 Å². The SMILES string of the molecule is Cc1cccc(N2CCN(C(=O)C(C)(C)C(=O)Nc3ccccc3)CC2)c1C. The Labute approximate surface area is 167 Å². The van der Waals surface area contributed by atoms with Gasteiger partial charge in [0.05, 0.1) is 0 Å². The molecule has 5 heteroatoms. The Balaban J connectivity index is 1.63. The molecule has 0 unspecified atom stereocenters. The van der Waals surface area contributed by atoms with Crippen LogP contribution in [0.3, 0.4) is 0 Å². The smallest absolute Gasteiger partial charge is 0.239 e. The fourth-order valence-electron chi connectivity index (χ4n) is 3.53. The second-order valence-electron chi connectivity index (χ2n) is 7.94. The predicted molar refractivity (Wildman–Crippen MR) is 114 cm³/mol. The van der Waals surface area contributed by atoms with Crippen LogP contribution in [0, 0.1) is 19.3 Å². The normalized spacial score (nSPS) is 14.7. The number of piperazine rings is 1. The zero-order valence-electron chi connectivity index (χ0n) is 17.2. The zero-order valence-corrected chi connectivity index (χ0v) is 17.2. The lowest BCUT2D eigenvalue weighted by Crippen LogP contribution is -2.54. The maximum absolute atomic E-state index is 13.1. The van der Waals surface area contributed by atoms with E-state index < -0.39 is 5.41 Å². The van der Waals surface area contributed by atoms with Gasteiger partial charge in [-0.25, -0.2) is 0 Å². The molecule has 0 spiro atoms. The molecule has 0 saturated carbocycles. The maximum atomic E-state index is 13.1. The van der Waals surface area contributed by atoms with Crippen molar-refractivity contribution in [2.75, 3.05) is 36.4 Å². The molecule has 1 aliphatic rings. The van der Waals surface area contributed by atoms with Gasteiger partial charge in [0.2, 0.25) is 11.8 Å². The van der Waals surface area contributed by atoms with Gasteiger partial charge in [-0.05, 0) is 57.0 Å². The number of aryl methyl sites for hydroxylation is 1. The van der Waals surface area contributed by atoms with Gasteiger partial charge in [-0.3, -0.25) is 9.59 Å². The Morgan fingerprint density at radius 3 is 2.18 bits per heavy atom. The number of hydrogen-bond donors (Lipinski definition) is 1. The number of rotatable bonds is 4. The summed E-state index contributed by atoms with van der Waals surface area (Å²) in [6.45, 7) is 10.4. The molecule has 2 aromatic carbocycles. The fourth-order valence-corrected chi connectivity index (χ4v) is 3.53. The van der Waals surface area contributed by atoms with Crippen LogP contribution in [0.2, 0.25) is 0 Å². The minimum absolute atomic E-state index is 0.124. The first-order valence-corrected chi connectivity index (χ1v) is 9.78. The molecule has 28 heavy (non-hydrogen) atoms. The van der Waals surface area contributed by atoms with Crippen LogP contribution in [-0.2, 0) is 9.59 Å². The highest BCUT2D eigenvalue weighted by Gasteiger charge is 2.40. The van der Waals surface area contributed by atoms with Crippen molar-refractivity contribution < 1.29 is 9.59 Å². The lowest BCUT2D eigenvalue weighted by atomic mass is 9.89. The topological polar surface area (TPSA) is 52.7 Å². The molecule has 2 amide bonds. The molecule has 0 atom stereocenters. The van der Waals surface area contributed by atoms with Crippen molar-refractivity contribution in [3.63, 3.8) is 0 Å². The highest BCUT2D eigenvalue weighted by molar-refractivity contribution is 6.09. The summed E-state index contributed by atoms with van der Waals surface area (Å²) in [5.41, 5.74) is 3.37. The highest BCUT2D eigenvalue weighted by Crippen LogP contribution is 2.26. The summed E-state index contributed by atoms with van der Waals surface area (Å²) in [5, 5.41) is 2.85. The Morgan fingerprint density at radius 2 is 1.54 bits per heavy atom. The van der Waals surface area contributed by atoms with Crippen molar-refractivity contribution in [3.8, 4) is 0 Å². The van der Waals surface area contributed by atoms with Crippen LogP contribution in [0.1, 0.15) is 25.0 Å². The molecular weight excluding hydrogens is 350 g/mol. The van der Waals surface area contributed by atoms with Gasteiger partial charge in [0.25, 0.3) is 0 Å². The van der Waals surface area contributed by atoms with E-state index in [1.807, 2.05) is 35.2 Å². The maximum Gasteiger partial charge on any atom is 0.239 e. The van der Waals surface area contributed by atoms with Gasteiger partial charge >= 0.3 is 0 Å². The van der Waals surface area contributed by atoms with Gasteiger partial charge in [-0.2, -0.15) is 0 Å². The number of nitrogens with one attached hydrogen (secondary N) is 1. The lowest BCUT2D eigenvalue weighted by molar-refractivity contribution is -0.146. The highest BCUT2D eigenvalue weighted by atomic mass is 16.2. The quantitative estimate of drug-likeness (QED) is 0.826. The molecule has 1 fully saturated rings. The third-order valence-corrected chi connectivity index (χ3v) is 5.62. The van der Waals surface area contributed by atoms with Crippen LogP contribution >= 0.6 is 0 Å². The lowest BCUT2D eigenvalue weighted by Gasteiger charge is -2.39. The van der Waals surface area contributed by atoms with E-state index in [2.05, 4.69) is 42.3 Å². The zero-order chi connectivity index (χ0) is 20.3. The van der Waals surface area contributed by atoms with Gasteiger partial charge in [0.1, 0.15) is 5.41 Å². The largest absolute Gasteiger partial charge is 0.368 e. The van der Waals surface area contributed by atoms with E-state index in [4.69, 9.17) is 0 Å². The number of anilines is 2. The molecule has 2 aromatic rings. The molecule has 1 heterocycles. The fraction of sp³-hybridized carbons (Fsp3) is 0.391. The molecule has 3 rings (SSSR count). The third-order valence-electron chi connectivity index (χ3n) is 5.62. The number of benzene rings is 2. The van der Waals surface area contributed by atoms with Crippen LogP contribution in [0.4, 0.5) is 11.4 Å². The second kappa shape index (κ2) is 8.05. The second-order valence-corrected chi connectivity index (χ2v) is 7.94. The summed E-state index contributed by atoms with van der Waals surface area (Å²) in [7, 11) is 0. The van der Waals surface area contributed by atoms with Gasteiger partial charge < -0.3 is 15.1 Å². The number of carbonyl (C=O) groups is 2. The van der Waals surface area contributed by atoms with E-state index in [9.17, 15) is 9.59 Å². The summed E-state index contributed by atoms with van der Waals surface area (Å²) in [4.78, 5) is 29.9. The van der Waals surface area contributed by atoms with E-state index in [0.29, 0.717) is 18.8 Å². The molecule has 0 aromatic heterocycles. The molecule has 1 saturated heterocycles. The van der Waals surface area contributed by atoms with E-state index in [0.717, 1.165) is 13.1 Å². The first-order valence-electron chi connectivity index (χ1n) is 9.78. The predicted octanol–water partition coefficient (Wildman–Crippen LogP) is 3.62. The van der Waals surface area contributed by atoms with Crippen molar-refractivity contribution in [1.29, 1.82) is 0 Å². The van der Waals surface area contributed by atoms with Crippen LogP contribution in [0.25, 0.3) is 0 Å². The minimum Gasteiger partial charge on any atom is -0.368 e. The number of carbonyl (C=O) groups excluding carboxylic acids is 2. The molecule has 0 aliphatic carbocycles. The van der Waals surface area contributed by atoms with Gasteiger partial charge in [-0.15, -0.1) is 0 Å². The molecular formula is C23H29N3O2. The van der Waals surface area contributed by atoms with Crippen molar-refractivity contribution in [1.82, 2.24) is 4.90 Å². The minimum atomic E-state index is -1.11. The van der Waals surface area contributed by atoms with Crippen molar-refractivity contribution >= 4 is 23.2 Å². The summed E-state index contributed by atoms with van der Waals surface area (Å²) in [6, 6.07) is 15.6. The number of nitrogens with zero attached hydrogens (tertiary/aromatic N) is 2. The van der Waals surface area contributed by atoms with Crippen LogP contribution in [-0.4, -0.2) is 42.9 Å². The third kappa shape index (κ3) is 4.03. The van der Waals surface area contributed by atoms with Crippen molar-refractivity contribution in [3.05, 3.63) is 59.7 Å². The Morgan fingerprint density at radius 1 is 0.893 bits per heavy atom. The standard InChI is InChI=1S/C23H29N3O2/c1-17-9-8-12-20(18(17)2)25-13-15-26(16-14-25)22(28)23(3,4)21(27)24-19-10-6-5-7-11-19/h5-12H,13-16H2,1-4H3,(H,24,27). The van der Waals surface area contributed by atoms with Gasteiger partial charge in [0.15, 0.2) is 0 Å². The Bertz CT molecular complexity index is 853. The molecule has 0 radical (unpaired) electrons. The van der Waals surface area contributed by atoms with Gasteiger partial charge in [0, 0.05) is 37.6 Å². The van der Waals surface area contributed by atoms with Crippen LogP contribution < -0.4 is 10.2 Å². The number of hydrogen-bond acceptors (Lipinski definition) is 3. The van der Waals surface area contributed by atoms with Crippen molar-refractivity contribution in [2.24, 2.45) is 5.41 Å². The van der Waals surface area contributed by atoms with E-state index in [1.165, 1.54) is 16.8 Å². The van der Waals surface area contributed by atoms with E-state index >= 15 is 0 Å². The number of amides is 2. The summed E-state index contributed by atoms with van der Waals surface area (Å²) in [6.07, 6.45) is 0. The number of para-hydroxylation sites is 1. The molecule has 0 bridgehead atoms. The Hall–Kier alpha value is -2.82. The van der Waals surface area contributed by atoms with E-state index in [1.54, 1.807) is 13.8 Å². The monoisotopic (exact) mass is 379 g/mol. The molecule has 5 nitrogen and oxygen atoms in total.